The van der Waals surface area contributed by atoms with E-state index in [-0.39, 0.29) is 11.1 Å². The molecule has 1 heterocycles. The molecule has 4 N–H and O–H groups in total. The van der Waals surface area contributed by atoms with Gasteiger partial charge >= 0.3 is 0 Å². The highest BCUT2D eigenvalue weighted by atomic mass is 35.5. The topological polar surface area (TPSA) is 80.1 Å². The maximum atomic E-state index is 11.9. The van der Waals surface area contributed by atoms with E-state index in [0.717, 1.165) is 0 Å². The predicted molar refractivity (Wildman–Crippen MR) is 79.8 cm³/mol. The number of hydrogen-bond acceptors (Lipinski definition) is 3. The van der Waals surface area contributed by atoms with Gasteiger partial charge in [0.15, 0.2) is 0 Å². The molecule has 106 valence electrons. The van der Waals surface area contributed by atoms with Crippen LogP contribution in [-0.4, -0.2) is 24.0 Å². The first-order chi connectivity index (χ1) is 9.60. The summed E-state index contributed by atoms with van der Waals surface area (Å²) in [6, 6.07) is 8.43. The second kappa shape index (κ2) is 6.65. The van der Waals surface area contributed by atoms with E-state index in [2.05, 4.69) is 10.3 Å². The Morgan fingerprint density at radius 2 is 2.00 bits per heavy atom. The van der Waals surface area contributed by atoms with Crippen molar-refractivity contribution in [2.75, 3.05) is 18.5 Å². The van der Waals surface area contributed by atoms with Crippen molar-refractivity contribution in [2.45, 2.75) is 0 Å². The standard InChI is InChI=1S/C13H13Cl2N3O2/c14-10-7-11(18-12(10)15)13(19)17-8-1-3-9(4-2-8)20-6-5-16/h1-4,7,18H,5-6,16H2,(H,17,19). The molecule has 1 aromatic heterocycles. The number of rotatable bonds is 5. The Morgan fingerprint density at radius 1 is 1.30 bits per heavy atom. The zero-order valence-electron chi connectivity index (χ0n) is 10.5. The van der Waals surface area contributed by atoms with Crippen LogP contribution in [0.3, 0.4) is 0 Å². The molecule has 0 aliphatic heterocycles. The third-order valence-corrected chi connectivity index (χ3v) is 3.16. The molecule has 0 saturated carbocycles. The summed E-state index contributed by atoms with van der Waals surface area (Å²) < 4.78 is 5.34. The molecule has 7 heteroatoms. The molecule has 0 unspecified atom stereocenters. The van der Waals surface area contributed by atoms with Crippen LogP contribution in [0, 0.1) is 0 Å². The average Bonchev–Trinajstić information content (AvgIpc) is 2.78. The second-order valence-electron chi connectivity index (χ2n) is 3.96. The largest absolute Gasteiger partial charge is 0.492 e. The molecule has 1 amide bonds. The van der Waals surface area contributed by atoms with E-state index >= 15 is 0 Å². The van der Waals surface area contributed by atoms with Crippen molar-refractivity contribution >= 4 is 34.8 Å². The van der Waals surface area contributed by atoms with Crippen LogP contribution in [0.5, 0.6) is 5.75 Å². The molecule has 5 nitrogen and oxygen atoms in total. The van der Waals surface area contributed by atoms with Gasteiger partial charge in [0.25, 0.3) is 5.91 Å². The normalized spacial score (nSPS) is 10.3. The van der Waals surface area contributed by atoms with Gasteiger partial charge in [-0.2, -0.15) is 0 Å². The lowest BCUT2D eigenvalue weighted by Crippen LogP contribution is -2.12. The first-order valence-electron chi connectivity index (χ1n) is 5.88. The van der Waals surface area contributed by atoms with Gasteiger partial charge in [-0.15, -0.1) is 0 Å². The fourth-order valence-electron chi connectivity index (χ4n) is 1.54. The summed E-state index contributed by atoms with van der Waals surface area (Å²) in [5.74, 6) is 0.369. The van der Waals surface area contributed by atoms with Crippen LogP contribution in [0.25, 0.3) is 0 Å². The molecule has 20 heavy (non-hydrogen) atoms. The first kappa shape index (κ1) is 14.7. The number of aromatic nitrogens is 1. The third-order valence-electron chi connectivity index (χ3n) is 2.47. The number of H-pyrrole nitrogens is 1. The molecule has 0 fully saturated rings. The molecule has 0 atom stereocenters. The van der Waals surface area contributed by atoms with Gasteiger partial charge in [-0.3, -0.25) is 4.79 Å². The van der Waals surface area contributed by atoms with Crippen molar-refractivity contribution in [3.8, 4) is 5.75 Å². The number of carbonyl (C=O) groups excluding carboxylic acids is 1. The van der Waals surface area contributed by atoms with Gasteiger partial charge in [0.1, 0.15) is 23.2 Å². The van der Waals surface area contributed by atoms with E-state index in [1.165, 1.54) is 6.07 Å². The van der Waals surface area contributed by atoms with Crippen molar-refractivity contribution in [3.63, 3.8) is 0 Å². The lowest BCUT2D eigenvalue weighted by atomic mass is 10.3. The highest BCUT2D eigenvalue weighted by Crippen LogP contribution is 2.23. The van der Waals surface area contributed by atoms with Crippen LogP contribution in [-0.2, 0) is 0 Å². The van der Waals surface area contributed by atoms with Crippen molar-refractivity contribution in [2.24, 2.45) is 5.73 Å². The number of ether oxygens (including phenoxy) is 1. The fraction of sp³-hybridized carbons (Fsp3) is 0.154. The summed E-state index contributed by atoms with van der Waals surface area (Å²) in [6.07, 6.45) is 0. The number of anilines is 1. The average molecular weight is 314 g/mol. The van der Waals surface area contributed by atoms with Gasteiger partial charge < -0.3 is 20.8 Å². The molecule has 2 aromatic rings. The lowest BCUT2D eigenvalue weighted by Gasteiger charge is -2.07. The minimum absolute atomic E-state index is 0.238. The quantitative estimate of drug-likeness (QED) is 0.794. The predicted octanol–water partition coefficient (Wildman–Crippen LogP) is 2.91. The third kappa shape index (κ3) is 3.66. The number of halogens is 2. The monoisotopic (exact) mass is 313 g/mol. The van der Waals surface area contributed by atoms with Gasteiger partial charge in [-0.25, -0.2) is 0 Å². The minimum Gasteiger partial charge on any atom is -0.492 e. The number of nitrogens with one attached hydrogen (secondary N) is 2. The number of benzene rings is 1. The van der Waals surface area contributed by atoms with Crippen molar-refractivity contribution in [1.29, 1.82) is 0 Å². The maximum absolute atomic E-state index is 11.9. The van der Waals surface area contributed by atoms with Crippen LogP contribution in [0.1, 0.15) is 10.5 Å². The molecule has 0 spiro atoms. The van der Waals surface area contributed by atoms with E-state index in [0.29, 0.717) is 35.3 Å². The molecule has 0 radical (unpaired) electrons. The Morgan fingerprint density at radius 3 is 2.55 bits per heavy atom. The van der Waals surface area contributed by atoms with Crippen LogP contribution in [0.4, 0.5) is 5.69 Å². The summed E-state index contributed by atoms with van der Waals surface area (Å²) in [6.45, 7) is 0.901. The van der Waals surface area contributed by atoms with Crippen molar-refractivity contribution in [1.82, 2.24) is 4.98 Å². The van der Waals surface area contributed by atoms with Gasteiger partial charge in [-0.1, -0.05) is 23.2 Å². The fourth-order valence-corrected chi connectivity index (χ4v) is 1.85. The summed E-state index contributed by atoms with van der Waals surface area (Å²) >= 11 is 11.5. The van der Waals surface area contributed by atoms with Crippen molar-refractivity contribution < 1.29 is 9.53 Å². The Balaban J connectivity index is 2.00. The number of aromatic amines is 1. The molecular weight excluding hydrogens is 301 g/mol. The number of carbonyl (C=O) groups is 1. The minimum atomic E-state index is -0.325. The Kier molecular flexibility index (Phi) is 4.89. The molecule has 0 saturated heterocycles. The van der Waals surface area contributed by atoms with E-state index in [1.54, 1.807) is 24.3 Å². The van der Waals surface area contributed by atoms with Crippen LogP contribution in [0.2, 0.25) is 10.2 Å². The number of amides is 1. The lowest BCUT2D eigenvalue weighted by molar-refractivity contribution is 0.102. The molecule has 1 aromatic carbocycles. The highest BCUT2D eigenvalue weighted by molar-refractivity contribution is 6.41. The Labute approximate surface area is 126 Å². The van der Waals surface area contributed by atoms with E-state index in [4.69, 9.17) is 33.7 Å². The molecule has 0 aliphatic rings. The van der Waals surface area contributed by atoms with Crippen LogP contribution >= 0.6 is 23.2 Å². The molecule has 0 bridgehead atoms. The summed E-state index contributed by atoms with van der Waals surface area (Å²) in [5, 5.41) is 3.26. The highest BCUT2D eigenvalue weighted by Gasteiger charge is 2.11. The SMILES string of the molecule is NCCOc1ccc(NC(=O)c2cc(Cl)c(Cl)[nH]2)cc1. The zero-order chi connectivity index (χ0) is 14.5. The molecule has 2 rings (SSSR count). The van der Waals surface area contributed by atoms with E-state index in [1.807, 2.05) is 0 Å². The molecular formula is C13H13Cl2N3O2. The van der Waals surface area contributed by atoms with Gasteiger partial charge in [0.2, 0.25) is 0 Å². The Hall–Kier alpha value is -1.69. The molecule has 0 aliphatic carbocycles. The first-order valence-corrected chi connectivity index (χ1v) is 6.64. The Bertz CT molecular complexity index is 577. The van der Waals surface area contributed by atoms with Gasteiger partial charge in [0.05, 0.1) is 5.02 Å². The van der Waals surface area contributed by atoms with E-state index < -0.39 is 0 Å². The summed E-state index contributed by atoms with van der Waals surface area (Å²) in [7, 11) is 0. The smallest absolute Gasteiger partial charge is 0.272 e. The second-order valence-corrected chi connectivity index (χ2v) is 4.75. The van der Waals surface area contributed by atoms with Gasteiger partial charge in [0, 0.05) is 12.2 Å². The van der Waals surface area contributed by atoms with Gasteiger partial charge in [-0.05, 0) is 30.3 Å². The maximum Gasteiger partial charge on any atom is 0.272 e. The number of nitrogens with two attached hydrogens (primary N) is 1. The van der Waals surface area contributed by atoms with E-state index in [9.17, 15) is 4.79 Å². The van der Waals surface area contributed by atoms with Crippen LogP contribution in [0.15, 0.2) is 30.3 Å². The zero-order valence-corrected chi connectivity index (χ0v) is 12.0. The van der Waals surface area contributed by atoms with Crippen LogP contribution < -0.4 is 15.8 Å². The van der Waals surface area contributed by atoms with Crippen molar-refractivity contribution in [3.05, 3.63) is 46.2 Å². The summed E-state index contributed by atoms with van der Waals surface area (Å²) in [5.41, 5.74) is 6.27. The summed E-state index contributed by atoms with van der Waals surface area (Å²) in [4.78, 5) is 14.6. The number of hydrogen-bond donors (Lipinski definition) is 3.